The van der Waals surface area contributed by atoms with Crippen molar-refractivity contribution in [2.75, 3.05) is 11.9 Å². The number of nitrogens with zero attached hydrogens (tertiary/aromatic N) is 1. The summed E-state index contributed by atoms with van der Waals surface area (Å²) >= 11 is 6.09. The van der Waals surface area contributed by atoms with Crippen molar-refractivity contribution in [2.45, 2.75) is 19.4 Å². The summed E-state index contributed by atoms with van der Waals surface area (Å²) in [4.78, 5) is 20.5. The van der Waals surface area contributed by atoms with E-state index in [0.29, 0.717) is 23.7 Å². The number of nitrogens with one attached hydrogen (secondary N) is 3. The van der Waals surface area contributed by atoms with E-state index in [-0.39, 0.29) is 28.7 Å². The number of hydrogen-bond donors (Lipinski definition) is 3. The lowest BCUT2D eigenvalue weighted by molar-refractivity contribution is 0.296. The highest BCUT2D eigenvalue weighted by Gasteiger charge is 2.22. The largest absolute Gasteiger partial charge is 0.493 e. The van der Waals surface area contributed by atoms with Crippen molar-refractivity contribution in [3.05, 3.63) is 50.9 Å². The van der Waals surface area contributed by atoms with Crippen molar-refractivity contribution < 1.29 is 13.5 Å². The van der Waals surface area contributed by atoms with Crippen LogP contribution in [-0.4, -0.2) is 21.6 Å². The molecule has 1 aromatic carbocycles. The molecule has 0 amide bonds. The zero-order chi connectivity index (χ0) is 18.3. The molecule has 136 valence electrons. The normalized spacial score (nSPS) is 14.0. The predicted molar refractivity (Wildman–Crippen MR) is 93.6 cm³/mol. The monoisotopic (exact) mass is 380 g/mol. The van der Waals surface area contributed by atoms with E-state index in [1.807, 2.05) is 0 Å². The average molecular weight is 381 g/mol. The van der Waals surface area contributed by atoms with Crippen LogP contribution in [0.2, 0.25) is 5.02 Å². The molecule has 0 spiro atoms. The molecule has 0 saturated heterocycles. The number of hydrogen-bond acceptors (Lipinski definition) is 4. The lowest BCUT2D eigenvalue weighted by Gasteiger charge is -2.11. The zero-order valence-corrected chi connectivity index (χ0v) is 14.3. The minimum atomic E-state index is -0.712. The van der Waals surface area contributed by atoms with Gasteiger partial charge in [-0.1, -0.05) is 11.6 Å². The van der Waals surface area contributed by atoms with Gasteiger partial charge in [0.15, 0.2) is 5.65 Å². The summed E-state index contributed by atoms with van der Waals surface area (Å²) in [6, 6.07) is 3.85. The number of imidazole rings is 1. The first-order chi connectivity index (χ1) is 12.5. The third-order valence-corrected chi connectivity index (χ3v) is 4.47. The average Bonchev–Trinajstić information content (AvgIpc) is 3.33. The molecule has 1 saturated carbocycles. The first kappa shape index (κ1) is 16.8. The van der Waals surface area contributed by atoms with Gasteiger partial charge < -0.3 is 15.0 Å². The van der Waals surface area contributed by atoms with Crippen molar-refractivity contribution in [3.63, 3.8) is 0 Å². The van der Waals surface area contributed by atoms with Crippen LogP contribution in [0.1, 0.15) is 18.4 Å². The maximum absolute atomic E-state index is 14.2. The van der Waals surface area contributed by atoms with Gasteiger partial charge >= 0.3 is 5.69 Å². The standard InChI is InChI=1S/C17H15ClF2N4O2/c18-11-5-14-16(24-17(25)22-14)23-15(11)21-6-10-12(19)3-9(4-13(10)20)26-7-8-1-2-8/h3-5,8H,1-2,6-7H2,(H3,21,22,23,24,25). The second-order valence-electron chi connectivity index (χ2n) is 6.27. The SMILES string of the molecule is O=c1[nH]c2cc(Cl)c(NCc3c(F)cc(OCC4CC4)cc3F)nc2[nH]1. The van der Waals surface area contributed by atoms with E-state index >= 15 is 0 Å². The molecule has 2 heterocycles. The van der Waals surface area contributed by atoms with Crippen molar-refractivity contribution in [2.24, 2.45) is 5.92 Å². The molecule has 3 aromatic rings. The molecule has 0 radical (unpaired) electrons. The van der Waals surface area contributed by atoms with Crippen LogP contribution < -0.4 is 15.7 Å². The first-order valence-corrected chi connectivity index (χ1v) is 8.50. The van der Waals surface area contributed by atoms with Gasteiger partial charge in [0.25, 0.3) is 0 Å². The van der Waals surface area contributed by atoms with Crippen LogP contribution in [0.3, 0.4) is 0 Å². The zero-order valence-electron chi connectivity index (χ0n) is 13.5. The Morgan fingerprint density at radius 2 is 1.96 bits per heavy atom. The second-order valence-corrected chi connectivity index (χ2v) is 6.67. The van der Waals surface area contributed by atoms with Crippen LogP contribution in [0.15, 0.2) is 23.0 Å². The van der Waals surface area contributed by atoms with Gasteiger partial charge in [-0.25, -0.2) is 18.6 Å². The molecule has 1 fully saturated rings. The van der Waals surface area contributed by atoms with Crippen molar-refractivity contribution in [1.82, 2.24) is 15.0 Å². The second kappa shape index (κ2) is 6.60. The lowest BCUT2D eigenvalue weighted by atomic mass is 10.2. The van der Waals surface area contributed by atoms with Crippen LogP contribution in [0.25, 0.3) is 11.2 Å². The number of halogens is 3. The fourth-order valence-corrected chi connectivity index (χ4v) is 2.79. The molecule has 26 heavy (non-hydrogen) atoms. The summed E-state index contributed by atoms with van der Waals surface area (Å²) in [5.41, 5.74) is 0.177. The number of pyridine rings is 1. The maximum Gasteiger partial charge on any atom is 0.325 e. The number of aromatic nitrogens is 3. The molecule has 0 aliphatic heterocycles. The fraction of sp³-hybridized carbons (Fsp3) is 0.294. The van der Waals surface area contributed by atoms with E-state index in [1.54, 1.807) is 0 Å². The molecule has 0 atom stereocenters. The van der Waals surface area contributed by atoms with Gasteiger partial charge in [-0.2, -0.15) is 0 Å². The summed E-state index contributed by atoms with van der Waals surface area (Å²) < 4.78 is 33.9. The van der Waals surface area contributed by atoms with E-state index in [9.17, 15) is 13.6 Å². The quantitative estimate of drug-likeness (QED) is 0.610. The number of aromatic amines is 2. The molecule has 0 unspecified atom stereocenters. The summed E-state index contributed by atoms with van der Waals surface area (Å²) in [5, 5.41) is 3.01. The Kier molecular flexibility index (Phi) is 4.28. The van der Waals surface area contributed by atoms with Gasteiger partial charge in [0, 0.05) is 24.2 Å². The number of ether oxygens (including phenoxy) is 1. The molecular weight excluding hydrogens is 366 g/mol. The molecular formula is C17H15ClF2N4O2. The number of fused-ring (bicyclic) bond motifs is 1. The highest BCUT2D eigenvalue weighted by molar-refractivity contribution is 6.33. The Morgan fingerprint density at radius 3 is 2.65 bits per heavy atom. The van der Waals surface area contributed by atoms with Crippen LogP contribution in [0, 0.1) is 17.6 Å². The Balaban J connectivity index is 1.51. The smallest absolute Gasteiger partial charge is 0.325 e. The topological polar surface area (TPSA) is 82.8 Å². The van der Waals surface area contributed by atoms with Gasteiger partial charge in [0.2, 0.25) is 0 Å². The number of rotatable bonds is 6. The minimum Gasteiger partial charge on any atom is -0.493 e. The molecule has 6 nitrogen and oxygen atoms in total. The molecule has 9 heteroatoms. The minimum absolute atomic E-state index is 0.149. The molecule has 0 bridgehead atoms. The summed E-state index contributed by atoms with van der Waals surface area (Å²) in [5.74, 6) is -0.544. The lowest BCUT2D eigenvalue weighted by Crippen LogP contribution is -2.08. The molecule has 4 rings (SSSR count). The Hall–Kier alpha value is -2.61. The molecule has 3 N–H and O–H groups in total. The van der Waals surface area contributed by atoms with E-state index in [2.05, 4.69) is 20.3 Å². The van der Waals surface area contributed by atoms with E-state index in [4.69, 9.17) is 16.3 Å². The van der Waals surface area contributed by atoms with Gasteiger partial charge in [-0.15, -0.1) is 0 Å². The summed E-state index contributed by atoms with van der Waals surface area (Å²) in [7, 11) is 0. The highest BCUT2D eigenvalue weighted by atomic mass is 35.5. The van der Waals surface area contributed by atoms with Gasteiger partial charge in [-0.05, 0) is 24.8 Å². The van der Waals surface area contributed by atoms with Crippen LogP contribution in [0.4, 0.5) is 14.6 Å². The van der Waals surface area contributed by atoms with Crippen molar-refractivity contribution in [3.8, 4) is 5.75 Å². The third-order valence-electron chi connectivity index (χ3n) is 4.19. The molecule has 2 aromatic heterocycles. The first-order valence-electron chi connectivity index (χ1n) is 8.12. The van der Waals surface area contributed by atoms with E-state index in [1.165, 1.54) is 18.2 Å². The van der Waals surface area contributed by atoms with Gasteiger partial charge in [0.05, 0.1) is 17.1 Å². The fourth-order valence-electron chi connectivity index (χ4n) is 2.57. The highest BCUT2D eigenvalue weighted by Crippen LogP contribution is 2.30. The van der Waals surface area contributed by atoms with E-state index < -0.39 is 17.3 Å². The van der Waals surface area contributed by atoms with Crippen molar-refractivity contribution >= 4 is 28.6 Å². The summed E-state index contributed by atoms with van der Waals surface area (Å²) in [6.45, 7) is 0.318. The molecule has 1 aliphatic rings. The predicted octanol–water partition coefficient (Wildman–Crippen LogP) is 3.58. The van der Waals surface area contributed by atoms with Crippen LogP contribution in [0.5, 0.6) is 5.75 Å². The Bertz CT molecular complexity index is 1010. The summed E-state index contributed by atoms with van der Waals surface area (Å²) in [6.07, 6.45) is 2.19. The van der Waals surface area contributed by atoms with Crippen LogP contribution >= 0.6 is 11.6 Å². The Morgan fingerprint density at radius 1 is 1.23 bits per heavy atom. The number of H-pyrrole nitrogens is 2. The van der Waals surface area contributed by atoms with Gasteiger partial charge in [-0.3, -0.25) is 4.98 Å². The van der Waals surface area contributed by atoms with Crippen molar-refractivity contribution in [1.29, 1.82) is 0 Å². The van der Waals surface area contributed by atoms with Crippen LogP contribution in [-0.2, 0) is 6.54 Å². The molecule has 1 aliphatic carbocycles. The number of benzene rings is 1. The van der Waals surface area contributed by atoms with Gasteiger partial charge in [0.1, 0.15) is 23.2 Å². The number of anilines is 1. The van der Waals surface area contributed by atoms with E-state index in [0.717, 1.165) is 12.8 Å². The maximum atomic E-state index is 14.2. The Labute approximate surface area is 151 Å². The third kappa shape index (κ3) is 3.50.